The van der Waals surface area contributed by atoms with Gasteiger partial charge in [-0.25, -0.2) is 0 Å². The number of carbonyl (C=O) groups is 2. The van der Waals surface area contributed by atoms with Crippen LogP contribution in [0.4, 0.5) is 0 Å². The zero-order valence-electron chi connectivity index (χ0n) is 15.4. The van der Waals surface area contributed by atoms with Gasteiger partial charge in [0.2, 0.25) is 11.8 Å². The van der Waals surface area contributed by atoms with Gasteiger partial charge in [-0.15, -0.1) is 0 Å². The lowest BCUT2D eigenvalue weighted by Gasteiger charge is -2.35. The van der Waals surface area contributed by atoms with E-state index in [1.165, 1.54) is 0 Å². The highest BCUT2D eigenvalue weighted by Gasteiger charge is 2.53. The highest BCUT2D eigenvalue weighted by molar-refractivity contribution is 5.91. The number of hydrogen-bond donors (Lipinski definition) is 2. The van der Waals surface area contributed by atoms with Crippen LogP contribution in [0.2, 0.25) is 0 Å². The minimum Gasteiger partial charge on any atom is -0.354 e. The van der Waals surface area contributed by atoms with E-state index in [0.717, 1.165) is 63.7 Å². The molecule has 2 N–H and O–H groups in total. The normalized spacial score (nSPS) is 27.2. The van der Waals surface area contributed by atoms with E-state index in [0.29, 0.717) is 12.5 Å². The van der Waals surface area contributed by atoms with Crippen LogP contribution in [0.3, 0.4) is 0 Å². The first kappa shape index (κ1) is 17.5. The molecule has 3 fully saturated rings. The molecule has 2 aliphatic heterocycles. The largest absolute Gasteiger partial charge is 0.354 e. The second kappa shape index (κ2) is 7.39. The zero-order valence-corrected chi connectivity index (χ0v) is 15.4. The molecule has 1 aromatic rings. The Morgan fingerprint density at radius 2 is 1.96 bits per heavy atom. The summed E-state index contributed by atoms with van der Waals surface area (Å²) in [5.41, 5.74) is 0.882. The van der Waals surface area contributed by atoms with E-state index in [4.69, 9.17) is 0 Å². The topological polar surface area (TPSA) is 61.4 Å². The van der Waals surface area contributed by atoms with Crippen molar-refractivity contribution < 1.29 is 9.59 Å². The van der Waals surface area contributed by atoms with Crippen molar-refractivity contribution in [2.45, 2.75) is 50.0 Å². The van der Waals surface area contributed by atoms with Crippen LogP contribution >= 0.6 is 0 Å². The lowest BCUT2D eigenvalue weighted by Crippen LogP contribution is -2.48. The molecule has 2 amide bonds. The van der Waals surface area contributed by atoms with Crippen molar-refractivity contribution in [1.82, 2.24) is 15.5 Å². The Morgan fingerprint density at radius 1 is 1.15 bits per heavy atom. The van der Waals surface area contributed by atoms with E-state index in [1.54, 1.807) is 0 Å². The first-order valence-electron chi connectivity index (χ1n) is 10.0. The minimum absolute atomic E-state index is 0.0239. The van der Waals surface area contributed by atoms with E-state index in [1.807, 2.05) is 23.1 Å². The fourth-order valence-electron chi connectivity index (χ4n) is 4.50. The Labute approximate surface area is 155 Å². The summed E-state index contributed by atoms with van der Waals surface area (Å²) < 4.78 is 0. The molecule has 2 atom stereocenters. The van der Waals surface area contributed by atoms with Crippen molar-refractivity contribution in [3.8, 4) is 0 Å². The molecule has 0 bridgehead atoms. The molecule has 4 rings (SSSR count). The predicted octanol–water partition coefficient (Wildman–Crippen LogP) is 1.82. The van der Waals surface area contributed by atoms with Crippen LogP contribution < -0.4 is 10.6 Å². The van der Waals surface area contributed by atoms with Crippen LogP contribution in [-0.4, -0.2) is 48.9 Å². The fourth-order valence-corrected chi connectivity index (χ4v) is 4.50. The number of piperidine rings is 1. The summed E-state index contributed by atoms with van der Waals surface area (Å²) in [5, 5.41) is 6.34. The molecule has 0 spiro atoms. The van der Waals surface area contributed by atoms with Crippen molar-refractivity contribution in [1.29, 1.82) is 0 Å². The molecule has 1 aromatic carbocycles. The summed E-state index contributed by atoms with van der Waals surface area (Å²) >= 11 is 0. The molecule has 5 nitrogen and oxygen atoms in total. The maximum absolute atomic E-state index is 13.2. The molecule has 0 radical (unpaired) electrons. The quantitative estimate of drug-likeness (QED) is 0.847. The van der Waals surface area contributed by atoms with Crippen LogP contribution in [0.15, 0.2) is 30.3 Å². The molecular formula is C21H29N3O2. The third-order valence-electron chi connectivity index (χ3n) is 6.23. The number of rotatable bonds is 5. The minimum atomic E-state index is -0.278. The monoisotopic (exact) mass is 355 g/mol. The maximum Gasteiger partial charge on any atom is 0.237 e. The van der Waals surface area contributed by atoms with Crippen LogP contribution in [-0.2, 0) is 15.0 Å². The Hall–Kier alpha value is -1.88. The summed E-state index contributed by atoms with van der Waals surface area (Å²) in [6.45, 7) is 3.23. The molecule has 26 heavy (non-hydrogen) atoms. The fraction of sp³-hybridized carbons (Fsp3) is 0.619. The second-order valence-electron chi connectivity index (χ2n) is 8.10. The average molecular weight is 355 g/mol. The van der Waals surface area contributed by atoms with Crippen LogP contribution in [0.25, 0.3) is 0 Å². The molecule has 2 unspecified atom stereocenters. The number of carbonyl (C=O) groups excluding carboxylic acids is 2. The molecule has 140 valence electrons. The third kappa shape index (κ3) is 3.50. The van der Waals surface area contributed by atoms with Crippen molar-refractivity contribution >= 4 is 11.8 Å². The van der Waals surface area contributed by atoms with Crippen LogP contribution in [0.1, 0.15) is 44.1 Å². The molecule has 2 heterocycles. The average Bonchev–Trinajstić information content (AvgIpc) is 3.32. The van der Waals surface area contributed by atoms with Gasteiger partial charge < -0.3 is 15.5 Å². The molecular weight excluding hydrogens is 326 g/mol. The van der Waals surface area contributed by atoms with Gasteiger partial charge in [-0.05, 0) is 56.6 Å². The number of nitrogens with zero attached hydrogens (tertiary/aromatic N) is 1. The van der Waals surface area contributed by atoms with Crippen molar-refractivity contribution in [2.75, 3.05) is 26.2 Å². The highest BCUT2D eigenvalue weighted by atomic mass is 16.2. The second-order valence-corrected chi connectivity index (χ2v) is 8.10. The summed E-state index contributed by atoms with van der Waals surface area (Å²) in [5.74, 6) is 0.774. The lowest BCUT2D eigenvalue weighted by molar-refractivity contribution is -0.135. The smallest absolute Gasteiger partial charge is 0.237 e. The van der Waals surface area contributed by atoms with Gasteiger partial charge in [0.25, 0.3) is 0 Å². The molecule has 3 aliphatic rings. The maximum atomic E-state index is 13.2. The molecule has 5 heteroatoms. The molecule has 0 aromatic heterocycles. The number of benzene rings is 1. The number of amides is 2. The number of hydrogen-bond acceptors (Lipinski definition) is 3. The third-order valence-corrected chi connectivity index (χ3v) is 6.23. The molecule has 1 saturated carbocycles. The van der Waals surface area contributed by atoms with E-state index in [9.17, 15) is 9.59 Å². The SMILES string of the molecule is O=C(NCC1CCCN(C(=O)C2(c3ccccc3)CC2)C1)C1CCCN1. The Bertz CT molecular complexity index is 650. The number of likely N-dealkylation sites (tertiary alicyclic amines) is 1. The lowest BCUT2D eigenvalue weighted by atomic mass is 9.91. The summed E-state index contributed by atoms with van der Waals surface area (Å²) in [6, 6.07) is 10.2. The Morgan fingerprint density at radius 3 is 2.65 bits per heavy atom. The van der Waals surface area contributed by atoms with E-state index in [-0.39, 0.29) is 23.3 Å². The first-order chi connectivity index (χ1) is 12.7. The number of nitrogens with one attached hydrogen (secondary N) is 2. The van der Waals surface area contributed by atoms with Gasteiger partial charge in [-0.2, -0.15) is 0 Å². The van der Waals surface area contributed by atoms with Gasteiger partial charge in [0.1, 0.15) is 0 Å². The zero-order chi connectivity index (χ0) is 18.0. The van der Waals surface area contributed by atoms with Gasteiger partial charge in [0.05, 0.1) is 11.5 Å². The molecule has 2 saturated heterocycles. The molecule has 1 aliphatic carbocycles. The Kier molecular flexibility index (Phi) is 4.98. The van der Waals surface area contributed by atoms with Crippen molar-refractivity contribution in [3.05, 3.63) is 35.9 Å². The van der Waals surface area contributed by atoms with Gasteiger partial charge in [0.15, 0.2) is 0 Å². The van der Waals surface area contributed by atoms with Crippen molar-refractivity contribution in [2.24, 2.45) is 5.92 Å². The van der Waals surface area contributed by atoms with Gasteiger partial charge in [-0.3, -0.25) is 9.59 Å². The van der Waals surface area contributed by atoms with Gasteiger partial charge in [-0.1, -0.05) is 30.3 Å². The highest BCUT2D eigenvalue weighted by Crippen LogP contribution is 2.49. The summed E-state index contributed by atoms with van der Waals surface area (Å²) in [6.07, 6.45) is 6.04. The van der Waals surface area contributed by atoms with Crippen LogP contribution in [0.5, 0.6) is 0 Å². The standard InChI is InChI=1S/C21H29N3O2/c25-19(18-9-4-12-22-18)23-14-16-6-5-13-24(15-16)20(26)21(10-11-21)17-7-2-1-3-8-17/h1-3,7-8,16,18,22H,4-6,9-15H2,(H,23,25). The summed E-state index contributed by atoms with van der Waals surface area (Å²) in [4.78, 5) is 27.5. The van der Waals surface area contributed by atoms with E-state index >= 15 is 0 Å². The first-order valence-corrected chi connectivity index (χ1v) is 10.0. The predicted molar refractivity (Wildman–Crippen MR) is 101 cm³/mol. The van der Waals surface area contributed by atoms with Crippen molar-refractivity contribution in [3.63, 3.8) is 0 Å². The van der Waals surface area contributed by atoms with Crippen LogP contribution in [0, 0.1) is 5.92 Å². The van der Waals surface area contributed by atoms with E-state index in [2.05, 4.69) is 22.8 Å². The van der Waals surface area contributed by atoms with E-state index < -0.39 is 0 Å². The summed E-state index contributed by atoms with van der Waals surface area (Å²) in [7, 11) is 0. The Balaban J connectivity index is 1.33. The van der Waals surface area contributed by atoms with Gasteiger partial charge >= 0.3 is 0 Å². The van der Waals surface area contributed by atoms with Gasteiger partial charge in [0, 0.05) is 19.6 Å².